The lowest BCUT2D eigenvalue weighted by Crippen LogP contribution is -2.55. The highest BCUT2D eigenvalue weighted by Gasteiger charge is 2.36. The van der Waals surface area contributed by atoms with Gasteiger partial charge in [-0.15, -0.1) is 0 Å². The minimum atomic E-state index is -0.464. The average molecular weight is 228 g/mol. The number of hydrogen-bond donors (Lipinski definition) is 3. The van der Waals surface area contributed by atoms with E-state index in [1.54, 1.807) is 0 Å². The number of carbonyl (C=O) groups excluding carboxylic acids is 1. The molecule has 4 N–H and O–H groups in total. The smallest absolute Gasteiger partial charge is 0.237 e. The molecule has 94 valence electrons. The van der Waals surface area contributed by atoms with E-state index >= 15 is 0 Å². The molecule has 0 bridgehead atoms. The summed E-state index contributed by atoms with van der Waals surface area (Å²) < 4.78 is 0. The zero-order chi connectivity index (χ0) is 12.2. The van der Waals surface area contributed by atoms with Crippen molar-refractivity contribution in [2.75, 3.05) is 6.61 Å². The van der Waals surface area contributed by atoms with E-state index in [1.807, 2.05) is 13.8 Å². The van der Waals surface area contributed by atoms with E-state index in [1.165, 1.54) is 0 Å². The van der Waals surface area contributed by atoms with Crippen molar-refractivity contribution in [3.63, 3.8) is 0 Å². The fourth-order valence-corrected chi connectivity index (χ4v) is 2.23. The molecule has 0 heterocycles. The van der Waals surface area contributed by atoms with Crippen molar-refractivity contribution in [2.24, 2.45) is 11.7 Å². The molecule has 1 aliphatic rings. The Morgan fingerprint density at radius 3 is 2.50 bits per heavy atom. The minimum absolute atomic E-state index is 0.0198. The van der Waals surface area contributed by atoms with Gasteiger partial charge >= 0.3 is 0 Å². The lowest BCUT2D eigenvalue weighted by Gasteiger charge is -2.30. The lowest BCUT2D eigenvalue weighted by atomic mass is 9.95. The summed E-state index contributed by atoms with van der Waals surface area (Å²) in [6.45, 7) is 4.02. The zero-order valence-electron chi connectivity index (χ0n) is 10.3. The minimum Gasteiger partial charge on any atom is -0.394 e. The summed E-state index contributed by atoms with van der Waals surface area (Å²) in [7, 11) is 0. The summed E-state index contributed by atoms with van der Waals surface area (Å²) in [6, 6.07) is -0.464. The Hall–Kier alpha value is -0.610. The van der Waals surface area contributed by atoms with Crippen LogP contribution in [0.25, 0.3) is 0 Å². The number of carbonyl (C=O) groups is 1. The fourth-order valence-electron chi connectivity index (χ4n) is 2.23. The summed E-state index contributed by atoms with van der Waals surface area (Å²) in [5.41, 5.74) is 5.47. The number of aliphatic hydroxyl groups is 1. The molecule has 0 aromatic rings. The molecule has 4 heteroatoms. The topological polar surface area (TPSA) is 75.4 Å². The van der Waals surface area contributed by atoms with Gasteiger partial charge in [-0.3, -0.25) is 4.79 Å². The molecule has 0 radical (unpaired) electrons. The largest absolute Gasteiger partial charge is 0.394 e. The van der Waals surface area contributed by atoms with Gasteiger partial charge in [0.25, 0.3) is 0 Å². The third-order valence-corrected chi connectivity index (χ3v) is 3.81. The van der Waals surface area contributed by atoms with Gasteiger partial charge in [0.2, 0.25) is 5.91 Å². The van der Waals surface area contributed by atoms with E-state index in [-0.39, 0.29) is 18.4 Å². The third kappa shape index (κ3) is 2.95. The van der Waals surface area contributed by atoms with Gasteiger partial charge in [0.15, 0.2) is 0 Å². The summed E-state index contributed by atoms with van der Waals surface area (Å²) >= 11 is 0. The Bertz CT molecular complexity index is 237. The Morgan fingerprint density at radius 2 is 2.06 bits per heavy atom. The molecule has 0 aromatic heterocycles. The standard InChI is InChI=1S/C12H24N2O2/c1-3-9(2)10(13)11(16)14-12(8-15)6-4-5-7-12/h9-10,15H,3-8,13H2,1-2H3,(H,14,16)/t9?,10-/m0/s1. The summed E-state index contributed by atoms with van der Waals surface area (Å²) in [5, 5.41) is 12.3. The van der Waals surface area contributed by atoms with Crippen LogP contribution >= 0.6 is 0 Å². The predicted molar refractivity (Wildman–Crippen MR) is 63.9 cm³/mol. The lowest BCUT2D eigenvalue weighted by molar-refractivity contribution is -0.125. The molecule has 0 saturated heterocycles. The van der Waals surface area contributed by atoms with Crippen LogP contribution in [0.1, 0.15) is 46.0 Å². The van der Waals surface area contributed by atoms with Crippen LogP contribution < -0.4 is 11.1 Å². The molecule has 4 nitrogen and oxygen atoms in total. The highest BCUT2D eigenvalue weighted by atomic mass is 16.3. The van der Waals surface area contributed by atoms with Crippen LogP contribution in [0.15, 0.2) is 0 Å². The molecule has 1 rings (SSSR count). The first-order chi connectivity index (χ1) is 7.54. The molecule has 0 spiro atoms. The highest BCUT2D eigenvalue weighted by molar-refractivity contribution is 5.82. The molecule has 1 fully saturated rings. The molecule has 1 unspecified atom stereocenters. The molecule has 1 aliphatic carbocycles. The Morgan fingerprint density at radius 1 is 1.50 bits per heavy atom. The van der Waals surface area contributed by atoms with E-state index in [0.717, 1.165) is 32.1 Å². The van der Waals surface area contributed by atoms with Crippen LogP contribution in [0.3, 0.4) is 0 Å². The fraction of sp³-hybridized carbons (Fsp3) is 0.917. The van der Waals surface area contributed by atoms with Crippen LogP contribution in [0.5, 0.6) is 0 Å². The summed E-state index contributed by atoms with van der Waals surface area (Å²) in [6.07, 6.45) is 4.75. The first kappa shape index (κ1) is 13.5. The Kier molecular flexibility index (Phi) is 4.74. The van der Waals surface area contributed by atoms with Crippen molar-refractivity contribution < 1.29 is 9.90 Å². The number of nitrogens with one attached hydrogen (secondary N) is 1. The molecule has 0 aliphatic heterocycles. The van der Waals surface area contributed by atoms with Crippen molar-refractivity contribution in [1.82, 2.24) is 5.32 Å². The zero-order valence-corrected chi connectivity index (χ0v) is 10.3. The van der Waals surface area contributed by atoms with Gasteiger partial charge < -0.3 is 16.2 Å². The van der Waals surface area contributed by atoms with E-state index in [0.29, 0.717) is 0 Å². The second-order valence-corrected chi connectivity index (χ2v) is 5.05. The van der Waals surface area contributed by atoms with Gasteiger partial charge in [0, 0.05) is 0 Å². The van der Waals surface area contributed by atoms with E-state index < -0.39 is 11.6 Å². The van der Waals surface area contributed by atoms with Gasteiger partial charge in [-0.2, -0.15) is 0 Å². The van der Waals surface area contributed by atoms with E-state index in [9.17, 15) is 9.90 Å². The SMILES string of the molecule is CCC(C)[C@H](N)C(=O)NC1(CO)CCCC1. The van der Waals surface area contributed by atoms with E-state index in [4.69, 9.17) is 5.73 Å². The van der Waals surface area contributed by atoms with Crippen LogP contribution in [-0.2, 0) is 4.79 Å². The van der Waals surface area contributed by atoms with Gasteiger partial charge in [-0.05, 0) is 18.8 Å². The second kappa shape index (κ2) is 5.64. The maximum absolute atomic E-state index is 11.9. The highest BCUT2D eigenvalue weighted by Crippen LogP contribution is 2.29. The molecular formula is C12H24N2O2. The van der Waals surface area contributed by atoms with Crippen molar-refractivity contribution in [1.29, 1.82) is 0 Å². The van der Waals surface area contributed by atoms with Crippen LogP contribution in [0, 0.1) is 5.92 Å². The Balaban J connectivity index is 2.55. The van der Waals surface area contributed by atoms with Gasteiger partial charge in [-0.25, -0.2) is 0 Å². The maximum atomic E-state index is 11.9. The molecule has 1 amide bonds. The van der Waals surface area contributed by atoms with Crippen LogP contribution in [0.4, 0.5) is 0 Å². The van der Waals surface area contributed by atoms with Crippen LogP contribution in [-0.4, -0.2) is 29.2 Å². The summed E-state index contributed by atoms with van der Waals surface area (Å²) in [5.74, 6) is 0.0578. The van der Waals surface area contributed by atoms with Gasteiger partial charge in [0.1, 0.15) is 0 Å². The average Bonchev–Trinajstić information content (AvgIpc) is 2.76. The number of rotatable bonds is 5. The van der Waals surface area contributed by atoms with Crippen molar-refractivity contribution in [3.8, 4) is 0 Å². The molecular weight excluding hydrogens is 204 g/mol. The first-order valence-corrected chi connectivity index (χ1v) is 6.23. The first-order valence-electron chi connectivity index (χ1n) is 6.23. The monoisotopic (exact) mass is 228 g/mol. The normalized spacial score (nSPS) is 22.8. The number of aliphatic hydroxyl groups excluding tert-OH is 1. The summed E-state index contributed by atoms with van der Waals surface area (Å²) in [4.78, 5) is 11.9. The number of hydrogen-bond acceptors (Lipinski definition) is 3. The molecule has 1 saturated carbocycles. The number of nitrogens with two attached hydrogens (primary N) is 1. The van der Waals surface area contributed by atoms with Gasteiger partial charge in [-0.1, -0.05) is 33.1 Å². The maximum Gasteiger partial charge on any atom is 0.237 e. The quantitative estimate of drug-likeness (QED) is 0.651. The van der Waals surface area contributed by atoms with Crippen LogP contribution in [0.2, 0.25) is 0 Å². The predicted octanol–water partition coefficient (Wildman–Crippen LogP) is 0.781. The second-order valence-electron chi connectivity index (χ2n) is 5.05. The molecule has 2 atom stereocenters. The van der Waals surface area contributed by atoms with Gasteiger partial charge in [0.05, 0.1) is 18.2 Å². The number of amides is 1. The van der Waals surface area contributed by atoms with Crippen molar-refractivity contribution in [3.05, 3.63) is 0 Å². The van der Waals surface area contributed by atoms with Crippen molar-refractivity contribution >= 4 is 5.91 Å². The molecule has 0 aromatic carbocycles. The Labute approximate surface area is 97.6 Å². The molecule has 16 heavy (non-hydrogen) atoms. The van der Waals surface area contributed by atoms with E-state index in [2.05, 4.69) is 5.32 Å². The third-order valence-electron chi connectivity index (χ3n) is 3.81. The van der Waals surface area contributed by atoms with Crippen molar-refractivity contribution in [2.45, 2.75) is 57.5 Å².